The number of aliphatic carboxylic acids is 1. The van der Waals surface area contributed by atoms with E-state index in [-0.39, 0.29) is 0 Å². The summed E-state index contributed by atoms with van der Waals surface area (Å²) in [6, 6.07) is 3.17. The van der Waals surface area contributed by atoms with Crippen LogP contribution in [-0.4, -0.2) is 26.1 Å². The van der Waals surface area contributed by atoms with Crippen molar-refractivity contribution >= 4 is 17.0 Å². The van der Waals surface area contributed by atoms with Gasteiger partial charge in [0.1, 0.15) is 11.0 Å². The van der Waals surface area contributed by atoms with Gasteiger partial charge in [-0.05, 0) is 43.5 Å². The van der Waals surface area contributed by atoms with Gasteiger partial charge >= 0.3 is 5.97 Å². The Kier molecular flexibility index (Phi) is 2.83. The molecular weight excluding hydrogens is 218 g/mol. The van der Waals surface area contributed by atoms with Crippen LogP contribution in [0.3, 0.4) is 0 Å². The van der Waals surface area contributed by atoms with Crippen LogP contribution in [0.1, 0.15) is 30.5 Å². The zero-order valence-corrected chi connectivity index (χ0v) is 10.1. The molecule has 5 nitrogen and oxygen atoms in total. The Hall–Kier alpha value is -1.91. The lowest BCUT2D eigenvalue weighted by Crippen LogP contribution is -2.20. The van der Waals surface area contributed by atoms with Crippen LogP contribution < -0.4 is 0 Å². The predicted molar refractivity (Wildman–Crippen MR) is 64.0 cm³/mol. The summed E-state index contributed by atoms with van der Waals surface area (Å²) < 4.78 is 0. The molecule has 1 heterocycles. The molecule has 5 heteroatoms. The molecule has 90 valence electrons. The summed E-state index contributed by atoms with van der Waals surface area (Å²) in [6.45, 7) is 5.81. The Morgan fingerprint density at radius 2 is 1.76 bits per heavy atom. The highest BCUT2D eigenvalue weighted by Crippen LogP contribution is 2.18. The highest BCUT2D eigenvalue weighted by atomic mass is 16.4. The minimum absolute atomic E-state index is 0.467. The Morgan fingerprint density at radius 1 is 1.29 bits per heavy atom. The van der Waals surface area contributed by atoms with Crippen LogP contribution in [0.25, 0.3) is 11.0 Å². The highest BCUT2D eigenvalue weighted by Gasteiger charge is 2.20. The zero-order valence-electron chi connectivity index (χ0n) is 10.1. The average molecular weight is 233 g/mol. The number of carboxylic acids is 1. The molecule has 0 saturated carbocycles. The van der Waals surface area contributed by atoms with Crippen LogP contribution in [0.5, 0.6) is 0 Å². The smallest absolute Gasteiger partial charge is 0.330 e. The van der Waals surface area contributed by atoms with Gasteiger partial charge in [-0.3, -0.25) is 0 Å². The fourth-order valence-electron chi connectivity index (χ4n) is 1.77. The lowest BCUT2D eigenvalue weighted by Gasteiger charge is -2.06. The van der Waals surface area contributed by atoms with Crippen LogP contribution in [0.4, 0.5) is 0 Å². The SMILES string of the molecule is CCC(C(=O)O)n1nc2cc(C)c(C)cc2n1. The number of fused-ring (bicyclic) bond motifs is 1. The molecule has 1 unspecified atom stereocenters. The molecule has 1 N–H and O–H groups in total. The van der Waals surface area contributed by atoms with Crippen molar-refractivity contribution in [3.05, 3.63) is 23.3 Å². The zero-order chi connectivity index (χ0) is 12.6. The molecule has 2 rings (SSSR count). The van der Waals surface area contributed by atoms with Crippen molar-refractivity contribution in [2.24, 2.45) is 0 Å². The summed E-state index contributed by atoms with van der Waals surface area (Å²) in [4.78, 5) is 12.3. The van der Waals surface area contributed by atoms with Gasteiger partial charge in [0, 0.05) is 0 Å². The quantitative estimate of drug-likeness (QED) is 0.881. The van der Waals surface area contributed by atoms with Crippen molar-refractivity contribution in [2.45, 2.75) is 33.2 Å². The second-order valence-corrected chi connectivity index (χ2v) is 4.21. The van der Waals surface area contributed by atoms with Gasteiger partial charge in [-0.15, -0.1) is 0 Å². The third-order valence-electron chi connectivity index (χ3n) is 2.96. The largest absolute Gasteiger partial charge is 0.480 e. The topological polar surface area (TPSA) is 68.0 Å². The number of aryl methyl sites for hydroxylation is 2. The molecule has 0 bridgehead atoms. The van der Waals surface area contributed by atoms with E-state index in [1.54, 1.807) is 0 Å². The van der Waals surface area contributed by atoms with Crippen molar-refractivity contribution in [3.63, 3.8) is 0 Å². The van der Waals surface area contributed by atoms with Gasteiger partial charge in [0.05, 0.1) is 0 Å². The van der Waals surface area contributed by atoms with E-state index in [9.17, 15) is 4.79 Å². The van der Waals surface area contributed by atoms with Crippen LogP contribution in [0, 0.1) is 13.8 Å². The first-order valence-electron chi connectivity index (χ1n) is 5.59. The third-order valence-corrected chi connectivity index (χ3v) is 2.96. The maximum Gasteiger partial charge on any atom is 0.330 e. The van der Waals surface area contributed by atoms with Gasteiger partial charge < -0.3 is 5.11 Å². The van der Waals surface area contributed by atoms with Gasteiger partial charge in [-0.1, -0.05) is 6.92 Å². The number of carboxylic acid groups (broad SMARTS) is 1. The summed E-state index contributed by atoms with van der Waals surface area (Å²) in [5.41, 5.74) is 3.75. The van der Waals surface area contributed by atoms with Gasteiger partial charge in [-0.2, -0.15) is 15.0 Å². The normalized spacial score (nSPS) is 12.9. The van der Waals surface area contributed by atoms with Gasteiger partial charge in [-0.25, -0.2) is 4.79 Å². The molecule has 2 aromatic rings. The standard InChI is InChI=1S/C12H15N3O2/c1-4-11(12(16)17)15-13-9-5-7(2)8(3)6-10(9)14-15/h5-6,11H,4H2,1-3H3,(H,16,17). The monoisotopic (exact) mass is 233 g/mol. The van der Waals surface area contributed by atoms with Crippen molar-refractivity contribution < 1.29 is 9.90 Å². The maximum absolute atomic E-state index is 11.0. The highest BCUT2D eigenvalue weighted by molar-refractivity contribution is 5.77. The van der Waals surface area contributed by atoms with E-state index in [1.807, 2.05) is 32.9 Å². The molecule has 0 fully saturated rings. The van der Waals surface area contributed by atoms with E-state index in [0.717, 1.165) is 22.2 Å². The van der Waals surface area contributed by atoms with Crippen LogP contribution >= 0.6 is 0 Å². The average Bonchev–Trinajstić information content (AvgIpc) is 2.61. The summed E-state index contributed by atoms with van der Waals surface area (Å²) in [6.07, 6.45) is 0.467. The number of hydrogen-bond donors (Lipinski definition) is 1. The number of rotatable bonds is 3. The van der Waals surface area contributed by atoms with E-state index >= 15 is 0 Å². The first kappa shape index (κ1) is 11.6. The molecule has 0 radical (unpaired) electrons. The third kappa shape index (κ3) is 2.00. The Labute approximate surface area is 99.1 Å². The lowest BCUT2D eigenvalue weighted by molar-refractivity contribution is -0.141. The minimum Gasteiger partial charge on any atom is -0.480 e. The Morgan fingerprint density at radius 3 is 2.12 bits per heavy atom. The fraction of sp³-hybridized carbons (Fsp3) is 0.417. The summed E-state index contributed by atoms with van der Waals surface area (Å²) in [7, 11) is 0. The number of benzene rings is 1. The second kappa shape index (κ2) is 4.16. The van der Waals surface area contributed by atoms with Crippen molar-refractivity contribution in [1.29, 1.82) is 0 Å². The van der Waals surface area contributed by atoms with E-state index in [2.05, 4.69) is 10.2 Å². The van der Waals surface area contributed by atoms with E-state index in [4.69, 9.17) is 5.11 Å². The van der Waals surface area contributed by atoms with Crippen LogP contribution in [0.15, 0.2) is 12.1 Å². The molecular formula is C12H15N3O2. The molecule has 0 spiro atoms. The van der Waals surface area contributed by atoms with Gasteiger partial charge in [0.25, 0.3) is 0 Å². The lowest BCUT2D eigenvalue weighted by atomic mass is 10.1. The Bertz CT molecular complexity index is 535. The second-order valence-electron chi connectivity index (χ2n) is 4.21. The summed E-state index contributed by atoms with van der Waals surface area (Å²) in [5.74, 6) is -0.902. The van der Waals surface area contributed by atoms with E-state index in [1.165, 1.54) is 4.80 Å². The summed E-state index contributed by atoms with van der Waals surface area (Å²) >= 11 is 0. The number of nitrogens with zero attached hydrogens (tertiary/aromatic N) is 3. The first-order valence-corrected chi connectivity index (χ1v) is 5.59. The molecule has 1 atom stereocenters. The van der Waals surface area contributed by atoms with E-state index in [0.29, 0.717) is 6.42 Å². The van der Waals surface area contributed by atoms with Crippen molar-refractivity contribution in [1.82, 2.24) is 15.0 Å². The molecule has 0 saturated heterocycles. The molecule has 0 amide bonds. The predicted octanol–water partition coefficient (Wildman–Crippen LogP) is 2.08. The molecule has 0 aliphatic carbocycles. The summed E-state index contributed by atoms with van der Waals surface area (Å²) in [5, 5.41) is 17.5. The van der Waals surface area contributed by atoms with Crippen LogP contribution in [0.2, 0.25) is 0 Å². The molecule has 1 aromatic carbocycles. The molecule has 17 heavy (non-hydrogen) atoms. The maximum atomic E-state index is 11.0. The number of hydrogen-bond acceptors (Lipinski definition) is 3. The van der Waals surface area contributed by atoms with Crippen molar-refractivity contribution in [3.8, 4) is 0 Å². The van der Waals surface area contributed by atoms with Crippen molar-refractivity contribution in [2.75, 3.05) is 0 Å². The molecule has 0 aliphatic heterocycles. The fourth-order valence-corrected chi connectivity index (χ4v) is 1.77. The minimum atomic E-state index is -0.902. The van der Waals surface area contributed by atoms with Gasteiger partial charge in [0.2, 0.25) is 0 Å². The first-order chi connectivity index (χ1) is 8.02. The number of carbonyl (C=O) groups is 1. The molecule has 1 aromatic heterocycles. The van der Waals surface area contributed by atoms with Crippen LogP contribution in [-0.2, 0) is 4.79 Å². The van der Waals surface area contributed by atoms with E-state index < -0.39 is 12.0 Å². The Balaban J connectivity index is 2.54. The van der Waals surface area contributed by atoms with Gasteiger partial charge in [0.15, 0.2) is 6.04 Å². The number of aromatic nitrogens is 3. The molecule has 0 aliphatic rings.